The van der Waals surface area contributed by atoms with E-state index in [9.17, 15) is 15.0 Å². The van der Waals surface area contributed by atoms with E-state index in [0.29, 0.717) is 17.9 Å². The third-order valence-electron chi connectivity index (χ3n) is 3.13. The van der Waals surface area contributed by atoms with Gasteiger partial charge in [-0.25, -0.2) is 0 Å². The second kappa shape index (κ2) is 6.40. The van der Waals surface area contributed by atoms with Gasteiger partial charge in [0, 0.05) is 5.69 Å². The number of hydrogen-bond acceptors (Lipinski definition) is 5. The van der Waals surface area contributed by atoms with Gasteiger partial charge in [-0.3, -0.25) is 4.79 Å². The third kappa shape index (κ3) is 3.36. The zero-order chi connectivity index (χ0) is 14.5. The largest absolute Gasteiger partial charge is 0.496 e. The van der Waals surface area contributed by atoms with E-state index in [1.807, 2.05) is 0 Å². The number of benzene rings is 1. The molecular formula is C13H20N2O4. The lowest BCUT2D eigenvalue weighted by Gasteiger charge is -2.29. The summed E-state index contributed by atoms with van der Waals surface area (Å²) >= 11 is 0. The van der Waals surface area contributed by atoms with Gasteiger partial charge in [0.2, 0.25) is 0 Å². The Bertz CT molecular complexity index is 436. The molecular weight excluding hydrogens is 248 g/mol. The highest BCUT2D eigenvalue weighted by Gasteiger charge is 2.29. The van der Waals surface area contributed by atoms with E-state index in [2.05, 4.69) is 5.32 Å². The molecule has 0 fully saturated rings. The number of aliphatic hydroxyl groups is 2. The topological polar surface area (TPSA) is 105 Å². The van der Waals surface area contributed by atoms with Gasteiger partial charge in [0.15, 0.2) is 0 Å². The van der Waals surface area contributed by atoms with Crippen LogP contribution < -0.4 is 15.8 Å². The summed E-state index contributed by atoms with van der Waals surface area (Å²) in [5.41, 5.74) is 5.30. The Balaban J connectivity index is 3.03. The van der Waals surface area contributed by atoms with Gasteiger partial charge in [-0.05, 0) is 24.6 Å². The highest BCUT2D eigenvalue weighted by atomic mass is 16.5. The number of anilines is 1. The number of rotatable bonds is 6. The number of hydrogen-bond donors (Lipinski definition) is 4. The minimum Gasteiger partial charge on any atom is -0.496 e. The zero-order valence-corrected chi connectivity index (χ0v) is 11.1. The summed E-state index contributed by atoms with van der Waals surface area (Å²) in [7, 11) is 1.45. The molecule has 1 aromatic carbocycles. The molecule has 0 spiro atoms. The van der Waals surface area contributed by atoms with E-state index in [4.69, 9.17) is 10.5 Å². The van der Waals surface area contributed by atoms with Gasteiger partial charge < -0.3 is 26.0 Å². The number of ether oxygens (including phenoxy) is 1. The van der Waals surface area contributed by atoms with Crippen LogP contribution in [0, 0.1) is 0 Å². The number of nitrogen functional groups attached to an aromatic ring is 1. The van der Waals surface area contributed by atoms with Crippen LogP contribution in [0.3, 0.4) is 0 Å². The first-order valence-corrected chi connectivity index (χ1v) is 5.99. The van der Waals surface area contributed by atoms with E-state index in [1.54, 1.807) is 19.1 Å². The summed E-state index contributed by atoms with van der Waals surface area (Å²) in [5, 5.41) is 21.3. The highest BCUT2D eigenvalue weighted by molar-refractivity contribution is 5.98. The Labute approximate surface area is 112 Å². The lowest BCUT2D eigenvalue weighted by Crippen LogP contribution is -2.53. The summed E-state index contributed by atoms with van der Waals surface area (Å²) in [6.07, 6.45) is 0.399. The van der Waals surface area contributed by atoms with Crippen molar-refractivity contribution in [2.45, 2.75) is 18.9 Å². The number of aliphatic hydroxyl groups excluding tert-OH is 2. The molecule has 0 aliphatic heterocycles. The van der Waals surface area contributed by atoms with Crippen molar-refractivity contribution in [1.82, 2.24) is 5.32 Å². The zero-order valence-electron chi connectivity index (χ0n) is 11.1. The van der Waals surface area contributed by atoms with E-state index in [1.165, 1.54) is 13.2 Å². The van der Waals surface area contributed by atoms with Crippen molar-refractivity contribution >= 4 is 11.6 Å². The molecule has 0 heterocycles. The van der Waals surface area contributed by atoms with Crippen molar-refractivity contribution in [2.75, 3.05) is 26.1 Å². The van der Waals surface area contributed by atoms with Crippen LogP contribution in [-0.2, 0) is 0 Å². The van der Waals surface area contributed by atoms with Crippen LogP contribution in [0.25, 0.3) is 0 Å². The van der Waals surface area contributed by atoms with Gasteiger partial charge in [0.25, 0.3) is 5.91 Å². The standard InChI is InChI=1S/C13H20N2O4/c1-3-13(7-16,8-17)15-12(18)10-6-9(14)4-5-11(10)19-2/h4-6,16-17H,3,7-8,14H2,1-2H3,(H,15,18). The van der Waals surface area contributed by atoms with Crippen LogP contribution in [0.15, 0.2) is 18.2 Å². The summed E-state index contributed by atoms with van der Waals surface area (Å²) in [5.74, 6) is -0.0679. The Morgan fingerprint density at radius 2 is 2.05 bits per heavy atom. The average Bonchev–Trinajstić information content (AvgIpc) is 2.44. The van der Waals surface area contributed by atoms with Crippen LogP contribution in [0.4, 0.5) is 5.69 Å². The Hall–Kier alpha value is -1.79. The molecule has 0 bridgehead atoms. The monoisotopic (exact) mass is 268 g/mol. The maximum absolute atomic E-state index is 12.2. The number of carbonyl (C=O) groups is 1. The molecule has 1 amide bonds. The molecule has 1 rings (SSSR count). The molecule has 0 aliphatic rings. The van der Waals surface area contributed by atoms with Gasteiger partial charge in [-0.2, -0.15) is 0 Å². The Morgan fingerprint density at radius 1 is 1.42 bits per heavy atom. The molecule has 1 aromatic rings. The van der Waals surface area contributed by atoms with E-state index in [0.717, 1.165) is 0 Å². The van der Waals surface area contributed by atoms with Crippen molar-refractivity contribution in [3.8, 4) is 5.75 Å². The van der Waals surface area contributed by atoms with Crippen LogP contribution in [0.2, 0.25) is 0 Å². The quantitative estimate of drug-likeness (QED) is 0.549. The van der Waals surface area contributed by atoms with E-state index < -0.39 is 11.4 Å². The fourth-order valence-electron chi connectivity index (χ4n) is 1.65. The molecule has 0 atom stereocenters. The first-order valence-electron chi connectivity index (χ1n) is 5.99. The minimum atomic E-state index is -1.05. The second-order valence-electron chi connectivity index (χ2n) is 4.36. The molecule has 0 saturated carbocycles. The first-order chi connectivity index (χ1) is 9.01. The summed E-state index contributed by atoms with van der Waals surface area (Å²) in [4.78, 5) is 12.2. The lowest BCUT2D eigenvalue weighted by molar-refractivity contribution is 0.0651. The van der Waals surface area contributed by atoms with Crippen LogP contribution in [-0.4, -0.2) is 42.0 Å². The predicted molar refractivity (Wildman–Crippen MR) is 72.1 cm³/mol. The lowest BCUT2D eigenvalue weighted by atomic mass is 9.97. The molecule has 6 nitrogen and oxygen atoms in total. The van der Waals surface area contributed by atoms with Crippen molar-refractivity contribution in [2.24, 2.45) is 0 Å². The second-order valence-corrected chi connectivity index (χ2v) is 4.36. The van der Waals surface area contributed by atoms with Gasteiger partial charge in [-0.15, -0.1) is 0 Å². The molecule has 0 aliphatic carbocycles. The maximum Gasteiger partial charge on any atom is 0.255 e. The van der Waals surface area contributed by atoms with Crippen molar-refractivity contribution in [3.05, 3.63) is 23.8 Å². The molecule has 106 valence electrons. The summed E-state index contributed by atoms with van der Waals surface area (Å²) < 4.78 is 5.10. The van der Waals surface area contributed by atoms with Gasteiger partial charge >= 0.3 is 0 Å². The molecule has 0 saturated heterocycles. The molecule has 6 heteroatoms. The van der Waals surface area contributed by atoms with Crippen molar-refractivity contribution < 1.29 is 19.7 Å². The number of amides is 1. The molecule has 0 aromatic heterocycles. The Kier molecular flexibility index (Phi) is 5.14. The van der Waals surface area contributed by atoms with Crippen molar-refractivity contribution in [1.29, 1.82) is 0 Å². The Morgan fingerprint density at radius 3 is 2.53 bits per heavy atom. The number of methoxy groups -OCH3 is 1. The fourth-order valence-corrected chi connectivity index (χ4v) is 1.65. The van der Waals surface area contributed by atoms with Crippen LogP contribution in [0.5, 0.6) is 5.75 Å². The number of carbonyl (C=O) groups excluding carboxylic acids is 1. The van der Waals surface area contributed by atoms with E-state index in [-0.39, 0.29) is 18.8 Å². The molecule has 19 heavy (non-hydrogen) atoms. The number of nitrogens with two attached hydrogens (primary N) is 1. The van der Waals surface area contributed by atoms with Crippen LogP contribution >= 0.6 is 0 Å². The normalized spacial score (nSPS) is 11.2. The molecule has 0 radical (unpaired) electrons. The third-order valence-corrected chi connectivity index (χ3v) is 3.13. The van der Waals surface area contributed by atoms with Crippen LogP contribution in [0.1, 0.15) is 23.7 Å². The van der Waals surface area contributed by atoms with Gasteiger partial charge in [0.1, 0.15) is 5.75 Å². The average molecular weight is 268 g/mol. The SMILES string of the molecule is CCC(CO)(CO)NC(=O)c1cc(N)ccc1OC. The van der Waals surface area contributed by atoms with Gasteiger partial charge in [0.05, 0.1) is 31.4 Å². The summed E-state index contributed by atoms with van der Waals surface area (Å²) in [6, 6.07) is 4.71. The fraction of sp³-hybridized carbons (Fsp3) is 0.462. The highest BCUT2D eigenvalue weighted by Crippen LogP contribution is 2.22. The van der Waals surface area contributed by atoms with E-state index >= 15 is 0 Å². The minimum absolute atomic E-state index is 0.266. The van der Waals surface area contributed by atoms with Crippen molar-refractivity contribution in [3.63, 3.8) is 0 Å². The molecule has 0 unspecified atom stereocenters. The summed E-state index contributed by atoms with van der Waals surface area (Å²) in [6.45, 7) is 1.07. The first kappa shape index (κ1) is 15.3. The number of nitrogens with one attached hydrogen (secondary N) is 1. The predicted octanol–water partition coefficient (Wildman–Crippen LogP) is 0.141. The maximum atomic E-state index is 12.2. The molecule has 5 N–H and O–H groups in total. The smallest absolute Gasteiger partial charge is 0.255 e. The van der Waals surface area contributed by atoms with Gasteiger partial charge in [-0.1, -0.05) is 6.92 Å².